The predicted octanol–water partition coefficient (Wildman–Crippen LogP) is 4.61. The average Bonchev–Trinajstić information content (AvgIpc) is 3.91. The summed E-state index contributed by atoms with van der Waals surface area (Å²) < 4.78 is 5.57. The summed E-state index contributed by atoms with van der Waals surface area (Å²) in [6.07, 6.45) is 11.4. The van der Waals surface area contributed by atoms with Gasteiger partial charge in [-0.2, -0.15) is 0 Å². The van der Waals surface area contributed by atoms with Gasteiger partial charge in [-0.15, -0.1) is 0 Å². The third-order valence-corrected chi connectivity index (χ3v) is 14.2. The second-order valence-electron chi connectivity index (χ2n) is 17.2. The fourth-order valence-electron chi connectivity index (χ4n) is 12.1. The molecule has 4 bridgehead atoms. The van der Waals surface area contributed by atoms with E-state index in [-0.39, 0.29) is 41.4 Å². The summed E-state index contributed by atoms with van der Waals surface area (Å²) in [5.74, 6) is 2.51. The predicted molar refractivity (Wildman–Crippen MR) is 188 cm³/mol. The van der Waals surface area contributed by atoms with Crippen LogP contribution in [0.25, 0.3) is 10.9 Å². The molecule has 0 radical (unpaired) electrons. The first-order valence-electron chi connectivity index (χ1n) is 19.5. The van der Waals surface area contributed by atoms with E-state index in [0.717, 1.165) is 58.5 Å². The van der Waals surface area contributed by atoms with Crippen LogP contribution in [0.5, 0.6) is 5.75 Å². The molecule has 3 aliphatic heterocycles. The number of piperidine rings is 1. The van der Waals surface area contributed by atoms with Crippen molar-refractivity contribution in [3.63, 3.8) is 0 Å². The molecule has 2 N–H and O–H groups in total. The highest BCUT2D eigenvalue weighted by Crippen LogP contribution is 2.60. The molecule has 2 aromatic rings. The number of fused-ring (bicyclic) bond motifs is 5. The van der Waals surface area contributed by atoms with Crippen molar-refractivity contribution in [3.05, 3.63) is 29.5 Å². The molecule has 5 saturated carbocycles. The Balaban J connectivity index is 0.996. The van der Waals surface area contributed by atoms with Gasteiger partial charge in [0.05, 0.1) is 18.6 Å². The molecule has 3 atom stereocenters. The van der Waals surface area contributed by atoms with Crippen molar-refractivity contribution in [1.82, 2.24) is 25.0 Å². The van der Waals surface area contributed by atoms with Crippen LogP contribution in [-0.2, 0) is 31.1 Å². The smallest absolute Gasteiger partial charge is 0.228 e. The first kappa shape index (κ1) is 32.4. The molecule has 50 heavy (non-hydrogen) atoms. The third-order valence-electron chi connectivity index (χ3n) is 14.2. The van der Waals surface area contributed by atoms with Gasteiger partial charge in [-0.25, -0.2) is 0 Å². The molecule has 0 spiro atoms. The number of rotatable bonds is 8. The Bertz CT molecular complexity index is 1690. The molecule has 4 amide bonds. The number of amides is 4. The lowest BCUT2D eigenvalue weighted by molar-refractivity contribution is -0.168. The Labute approximate surface area is 295 Å². The molecule has 8 aliphatic rings. The van der Waals surface area contributed by atoms with E-state index in [9.17, 15) is 19.2 Å². The van der Waals surface area contributed by atoms with Crippen LogP contribution in [0.4, 0.5) is 0 Å². The molecule has 268 valence electrons. The van der Waals surface area contributed by atoms with Gasteiger partial charge in [-0.3, -0.25) is 19.2 Å². The lowest BCUT2D eigenvalue weighted by atomic mass is 9.49. The Morgan fingerprint density at radius 1 is 0.920 bits per heavy atom. The third kappa shape index (κ3) is 5.16. The highest BCUT2D eigenvalue weighted by molar-refractivity contribution is 5.93. The summed E-state index contributed by atoms with van der Waals surface area (Å²) in [7, 11) is 1.67. The van der Waals surface area contributed by atoms with Crippen LogP contribution < -0.4 is 10.1 Å². The standard InChI is InChI=1S/C40H53N5O5/c1-3-40-32(38(49)44-12-10-43(11-13-44)36(47)27-4-5-27)17-28(18-34(46)41-23-39-20-24-14-25(21-39)16-26(15-24)22-39)37(48)45(40)9-8-30-31-19-29(50-2)6-7-33(31)42-35(30)40/h6-7,19,24-28,32,42H,3-5,8-18,20-23H2,1-2H3,(H,41,46)/t24?,25?,26?,28?,32-,39?,40+/m1/s1. The lowest BCUT2D eigenvalue weighted by Crippen LogP contribution is -2.66. The van der Waals surface area contributed by atoms with Crippen molar-refractivity contribution >= 4 is 34.5 Å². The van der Waals surface area contributed by atoms with Gasteiger partial charge in [0.1, 0.15) is 5.75 Å². The van der Waals surface area contributed by atoms with Crippen molar-refractivity contribution in [1.29, 1.82) is 0 Å². The largest absolute Gasteiger partial charge is 0.497 e. The zero-order valence-corrected chi connectivity index (χ0v) is 29.8. The normalized spacial score (nSPS) is 34.5. The van der Waals surface area contributed by atoms with Crippen LogP contribution in [0.1, 0.15) is 88.8 Å². The first-order valence-corrected chi connectivity index (χ1v) is 19.5. The maximum atomic E-state index is 14.9. The van der Waals surface area contributed by atoms with E-state index in [1.54, 1.807) is 7.11 Å². The quantitative estimate of drug-likeness (QED) is 0.422. The van der Waals surface area contributed by atoms with Crippen molar-refractivity contribution in [2.24, 2.45) is 40.9 Å². The minimum absolute atomic E-state index is 0.0115. The van der Waals surface area contributed by atoms with Crippen LogP contribution in [0.2, 0.25) is 0 Å². The number of nitrogens with one attached hydrogen (secondary N) is 2. The number of benzene rings is 1. The number of nitrogens with zero attached hydrogens (tertiary/aromatic N) is 3. The second kappa shape index (κ2) is 12.0. The summed E-state index contributed by atoms with van der Waals surface area (Å²) in [6.45, 7) is 5.39. The molecule has 5 aliphatic carbocycles. The lowest BCUT2D eigenvalue weighted by Gasteiger charge is -2.57. The average molecular weight is 684 g/mol. The summed E-state index contributed by atoms with van der Waals surface area (Å²) >= 11 is 0. The van der Waals surface area contributed by atoms with E-state index in [0.29, 0.717) is 58.5 Å². The van der Waals surface area contributed by atoms with Gasteiger partial charge in [0.25, 0.3) is 0 Å². The van der Waals surface area contributed by atoms with Crippen molar-refractivity contribution in [2.75, 3.05) is 46.4 Å². The molecule has 10 nitrogen and oxygen atoms in total. The highest BCUT2D eigenvalue weighted by Gasteiger charge is 2.59. The van der Waals surface area contributed by atoms with Gasteiger partial charge >= 0.3 is 0 Å². The van der Waals surface area contributed by atoms with E-state index in [1.165, 1.54) is 38.5 Å². The number of aromatic amines is 1. The second-order valence-corrected chi connectivity index (χ2v) is 17.2. The minimum Gasteiger partial charge on any atom is -0.497 e. The molecular formula is C40H53N5O5. The SMILES string of the molecule is CC[C@]12c3[nH]c4ccc(OC)cc4c3CCN1C(=O)C(CC(=O)NCC13CC4CC(CC(C4)C1)C3)C[C@@H]2C(=O)N1CCN(C(=O)C2CC2)CC1. The summed E-state index contributed by atoms with van der Waals surface area (Å²) in [5, 5.41) is 4.40. The molecule has 1 unspecified atom stereocenters. The van der Waals surface area contributed by atoms with Crippen LogP contribution >= 0.6 is 0 Å². The van der Waals surface area contributed by atoms with E-state index < -0.39 is 17.4 Å². The van der Waals surface area contributed by atoms with Gasteiger partial charge in [0.15, 0.2) is 0 Å². The molecule has 1 aromatic heterocycles. The van der Waals surface area contributed by atoms with Crippen molar-refractivity contribution in [3.8, 4) is 5.75 Å². The number of H-pyrrole nitrogens is 1. The van der Waals surface area contributed by atoms with Gasteiger partial charge in [-0.05, 0) is 118 Å². The van der Waals surface area contributed by atoms with Gasteiger partial charge in [-0.1, -0.05) is 6.92 Å². The van der Waals surface area contributed by atoms with E-state index in [1.807, 2.05) is 26.8 Å². The number of piperazine rings is 1. The number of carbonyl (C=O) groups excluding carboxylic acids is 4. The van der Waals surface area contributed by atoms with Crippen LogP contribution in [0, 0.1) is 40.9 Å². The molecule has 7 fully saturated rings. The minimum atomic E-state index is -0.846. The number of hydrogen-bond acceptors (Lipinski definition) is 5. The zero-order chi connectivity index (χ0) is 34.4. The fourth-order valence-corrected chi connectivity index (χ4v) is 12.1. The molecule has 4 heterocycles. The van der Waals surface area contributed by atoms with Crippen molar-refractivity contribution in [2.45, 2.75) is 89.5 Å². The fraction of sp³-hybridized carbons (Fsp3) is 0.700. The number of aromatic nitrogens is 1. The van der Waals surface area contributed by atoms with E-state index in [4.69, 9.17) is 4.74 Å². The monoisotopic (exact) mass is 683 g/mol. The van der Waals surface area contributed by atoms with Gasteiger partial charge < -0.3 is 29.7 Å². The van der Waals surface area contributed by atoms with E-state index >= 15 is 0 Å². The molecule has 10 rings (SSSR count). The summed E-state index contributed by atoms with van der Waals surface area (Å²) in [5.41, 5.74) is 2.45. The summed E-state index contributed by atoms with van der Waals surface area (Å²) in [4.78, 5) is 65.6. The Kier molecular flexibility index (Phi) is 7.77. The number of methoxy groups -OCH3 is 1. The van der Waals surface area contributed by atoms with E-state index in [2.05, 4.69) is 23.3 Å². The molecule has 10 heteroatoms. The van der Waals surface area contributed by atoms with Crippen molar-refractivity contribution < 1.29 is 23.9 Å². The zero-order valence-electron chi connectivity index (χ0n) is 29.8. The first-order chi connectivity index (χ1) is 24.2. The molecule has 1 aromatic carbocycles. The Morgan fingerprint density at radius 3 is 2.20 bits per heavy atom. The topological polar surface area (TPSA) is 115 Å². The molecular weight excluding hydrogens is 630 g/mol. The number of ether oxygens (including phenoxy) is 1. The number of hydrogen-bond donors (Lipinski definition) is 2. The van der Waals surface area contributed by atoms with Gasteiger partial charge in [0, 0.05) is 74.1 Å². The Morgan fingerprint density at radius 2 is 1.58 bits per heavy atom. The Hall–Kier alpha value is -3.56. The molecule has 2 saturated heterocycles. The van der Waals surface area contributed by atoms with Crippen LogP contribution in [-0.4, -0.2) is 89.7 Å². The van der Waals surface area contributed by atoms with Gasteiger partial charge in [0.2, 0.25) is 23.6 Å². The van der Waals surface area contributed by atoms with Crippen LogP contribution in [0.15, 0.2) is 18.2 Å². The van der Waals surface area contributed by atoms with Crippen LogP contribution in [0.3, 0.4) is 0 Å². The number of carbonyl (C=O) groups is 4. The maximum absolute atomic E-state index is 14.9. The highest BCUT2D eigenvalue weighted by atomic mass is 16.5. The summed E-state index contributed by atoms with van der Waals surface area (Å²) in [6, 6.07) is 6.02. The maximum Gasteiger partial charge on any atom is 0.228 e.